The van der Waals surface area contributed by atoms with Crippen LogP contribution in [0.2, 0.25) is 0 Å². The smallest absolute Gasteiger partial charge is 0.255 e. The molecule has 1 amide bonds. The fourth-order valence-electron chi connectivity index (χ4n) is 2.66. The van der Waals surface area contributed by atoms with E-state index in [1.807, 2.05) is 43.3 Å². The van der Waals surface area contributed by atoms with Gasteiger partial charge in [0.25, 0.3) is 5.91 Å². The molecule has 0 saturated heterocycles. The van der Waals surface area contributed by atoms with Crippen molar-refractivity contribution in [2.75, 3.05) is 11.1 Å². The molecule has 0 fully saturated rings. The Morgan fingerprint density at radius 3 is 2.26 bits per heavy atom. The SMILES string of the molecule is CCc1cc(N)cc(C)c1NC(=O)c1ccc(C(C)(C)C)cc1. The third-order valence-electron chi connectivity index (χ3n) is 4.07. The zero-order chi connectivity index (χ0) is 17.2. The number of nitrogens with two attached hydrogens (primary N) is 1. The molecule has 2 rings (SSSR count). The highest BCUT2D eigenvalue weighted by atomic mass is 16.1. The number of nitrogens with one attached hydrogen (secondary N) is 1. The summed E-state index contributed by atoms with van der Waals surface area (Å²) in [5.41, 5.74) is 11.5. The number of nitrogen functional groups attached to an aromatic ring is 1. The van der Waals surface area contributed by atoms with Gasteiger partial charge in [-0.25, -0.2) is 0 Å². The Balaban J connectivity index is 2.26. The minimum atomic E-state index is -0.0898. The van der Waals surface area contributed by atoms with E-state index in [2.05, 4.69) is 33.0 Å². The first-order chi connectivity index (χ1) is 10.7. The summed E-state index contributed by atoms with van der Waals surface area (Å²) in [6.07, 6.45) is 0.824. The van der Waals surface area contributed by atoms with Gasteiger partial charge in [-0.3, -0.25) is 4.79 Å². The molecule has 0 aromatic heterocycles. The fraction of sp³-hybridized carbons (Fsp3) is 0.350. The van der Waals surface area contributed by atoms with E-state index >= 15 is 0 Å². The lowest BCUT2D eigenvalue weighted by Gasteiger charge is -2.19. The van der Waals surface area contributed by atoms with Crippen LogP contribution in [0, 0.1) is 6.92 Å². The Morgan fingerprint density at radius 1 is 1.13 bits per heavy atom. The summed E-state index contributed by atoms with van der Waals surface area (Å²) in [5.74, 6) is -0.0898. The lowest BCUT2D eigenvalue weighted by Crippen LogP contribution is -2.16. The van der Waals surface area contributed by atoms with E-state index in [9.17, 15) is 4.79 Å². The number of benzene rings is 2. The van der Waals surface area contributed by atoms with Gasteiger partial charge in [-0.05, 0) is 59.7 Å². The molecule has 0 bridgehead atoms. The molecule has 0 aliphatic rings. The average Bonchev–Trinajstić information content (AvgIpc) is 2.48. The van der Waals surface area contributed by atoms with Crippen LogP contribution in [0.4, 0.5) is 11.4 Å². The first-order valence-corrected chi connectivity index (χ1v) is 8.03. The maximum atomic E-state index is 12.5. The van der Waals surface area contributed by atoms with Gasteiger partial charge in [0.2, 0.25) is 0 Å². The van der Waals surface area contributed by atoms with E-state index in [1.165, 1.54) is 5.56 Å². The molecule has 0 radical (unpaired) electrons. The number of hydrogen-bond acceptors (Lipinski definition) is 2. The van der Waals surface area contributed by atoms with Crippen LogP contribution in [0.3, 0.4) is 0 Å². The summed E-state index contributed by atoms with van der Waals surface area (Å²) in [7, 11) is 0. The van der Waals surface area contributed by atoms with Crippen molar-refractivity contribution in [3.8, 4) is 0 Å². The lowest BCUT2D eigenvalue weighted by atomic mass is 9.86. The van der Waals surface area contributed by atoms with Gasteiger partial charge in [0.15, 0.2) is 0 Å². The molecule has 0 heterocycles. The summed E-state index contributed by atoms with van der Waals surface area (Å²) < 4.78 is 0. The summed E-state index contributed by atoms with van der Waals surface area (Å²) in [5, 5.41) is 3.04. The highest BCUT2D eigenvalue weighted by Crippen LogP contribution is 2.26. The molecule has 0 atom stereocenters. The second-order valence-electron chi connectivity index (χ2n) is 7.01. The molecular weight excluding hydrogens is 284 g/mol. The summed E-state index contributed by atoms with van der Waals surface area (Å²) in [6.45, 7) is 10.5. The van der Waals surface area contributed by atoms with Gasteiger partial charge < -0.3 is 11.1 Å². The monoisotopic (exact) mass is 310 g/mol. The molecule has 3 heteroatoms. The topological polar surface area (TPSA) is 55.1 Å². The van der Waals surface area contributed by atoms with Crippen LogP contribution in [0.5, 0.6) is 0 Å². The quantitative estimate of drug-likeness (QED) is 0.808. The minimum absolute atomic E-state index is 0.0813. The second kappa shape index (κ2) is 6.45. The van der Waals surface area contributed by atoms with E-state index in [0.717, 1.165) is 28.9 Å². The van der Waals surface area contributed by atoms with Crippen LogP contribution in [0.25, 0.3) is 0 Å². The van der Waals surface area contributed by atoms with Crippen molar-refractivity contribution in [2.45, 2.75) is 46.5 Å². The normalized spacial score (nSPS) is 11.3. The molecule has 3 nitrogen and oxygen atoms in total. The first kappa shape index (κ1) is 17.1. The number of rotatable bonds is 3. The summed E-state index contributed by atoms with van der Waals surface area (Å²) >= 11 is 0. The highest BCUT2D eigenvalue weighted by molar-refractivity contribution is 6.05. The van der Waals surface area contributed by atoms with Crippen LogP contribution in [-0.4, -0.2) is 5.91 Å². The fourth-order valence-corrected chi connectivity index (χ4v) is 2.66. The third-order valence-corrected chi connectivity index (χ3v) is 4.07. The largest absolute Gasteiger partial charge is 0.399 e. The van der Waals surface area contributed by atoms with Gasteiger partial charge in [0.05, 0.1) is 0 Å². The first-order valence-electron chi connectivity index (χ1n) is 8.03. The number of hydrogen-bond donors (Lipinski definition) is 2. The predicted molar refractivity (Wildman–Crippen MR) is 98.1 cm³/mol. The summed E-state index contributed by atoms with van der Waals surface area (Å²) in [6, 6.07) is 11.6. The second-order valence-corrected chi connectivity index (χ2v) is 7.01. The molecule has 23 heavy (non-hydrogen) atoms. The Hall–Kier alpha value is -2.29. The third kappa shape index (κ3) is 3.92. The van der Waals surface area contributed by atoms with E-state index in [1.54, 1.807) is 0 Å². The number of anilines is 2. The van der Waals surface area contributed by atoms with Gasteiger partial charge in [-0.2, -0.15) is 0 Å². The average molecular weight is 310 g/mol. The van der Waals surface area contributed by atoms with Crippen molar-refractivity contribution in [3.63, 3.8) is 0 Å². The number of carbonyl (C=O) groups excluding carboxylic acids is 1. The Bertz CT molecular complexity index is 710. The Morgan fingerprint density at radius 2 is 1.74 bits per heavy atom. The van der Waals surface area contributed by atoms with Crippen molar-refractivity contribution >= 4 is 17.3 Å². The van der Waals surface area contributed by atoms with Crippen molar-refractivity contribution in [1.82, 2.24) is 0 Å². The zero-order valence-electron chi connectivity index (χ0n) is 14.7. The number of amides is 1. The number of aryl methyl sites for hydroxylation is 2. The van der Waals surface area contributed by atoms with Gasteiger partial charge in [-0.15, -0.1) is 0 Å². The van der Waals surface area contributed by atoms with Crippen molar-refractivity contribution < 1.29 is 4.79 Å². The maximum Gasteiger partial charge on any atom is 0.255 e. The zero-order valence-corrected chi connectivity index (χ0v) is 14.7. The van der Waals surface area contributed by atoms with Crippen molar-refractivity contribution in [3.05, 3.63) is 58.7 Å². The molecule has 2 aromatic carbocycles. The van der Waals surface area contributed by atoms with E-state index < -0.39 is 0 Å². The van der Waals surface area contributed by atoms with Crippen LogP contribution < -0.4 is 11.1 Å². The molecule has 0 aliphatic heterocycles. The Kier molecular flexibility index (Phi) is 4.79. The molecule has 0 unspecified atom stereocenters. The molecule has 0 aliphatic carbocycles. The molecule has 122 valence electrons. The highest BCUT2D eigenvalue weighted by Gasteiger charge is 2.15. The van der Waals surface area contributed by atoms with E-state index in [0.29, 0.717) is 5.56 Å². The Labute approximate surface area is 138 Å². The van der Waals surface area contributed by atoms with Gasteiger partial charge in [-0.1, -0.05) is 39.8 Å². The molecule has 3 N–H and O–H groups in total. The molecule has 0 saturated carbocycles. The van der Waals surface area contributed by atoms with Crippen LogP contribution in [-0.2, 0) is 11.8 Å². The minimum Gasteiger partial charge on any atom is -0.399 e. The van der Waals surface area contributed by atoms with E-state index in [4.69, 9.17) is 5.73 Å². The standard InChI is InChI=1S/C20H26N2O/c1-6-14-12-17(21)11-13(2)18(14)22-19(23)15-7-9-16(10-8-15)20(3,4)5/h7-12H,6,21H2,1-5H3,(H,22,23). The van der Waals surface area contributed by atoms with Gasteiger partial charge >= 0.3 is 0 Å². The van der Waals surface area contributed by atoms with Gasteiger partial charge in [0, 0.05) is 16.9 Å². The van der Waals surface area contributed by atoms with Gasteiger partial charge in [0.1, 0.15) is 0 Å². The summed E-state index contributed by atoms with van der Waals surface area (Å²) in [4.78, 5) is 12.5. The molecule has 2 aromatic rings. The molecule has 0 spiro atoms. The predicted octanol–water partition coefficient (Wildman–Crippen LogP) is 4.69. The lowest BCUT2D eigenvalue weighted by molar-refractivity contribution is 0.102. The van der Waals surface area contributed by atoms with Crippen LogP contribution in [0.15, 0.2) is 36.4 Å². The maximum absolute atomic E-state index is 12.5. The van der Waals surface area contributed by atoms with E-state index in [-0.39, 0.29) is 11.3 Å². The van der Waals surface area contributed by atoms with Crippen molar-refractivity contribution in [1.29, 1.82) is 0 Å². The number of carbonyl (C=O) groups is 1. The van der Waals surface area contributed by atoms with Crippen LogP contribution in [0.1, 0.15) is 54.7 Å². The molecular formula is C20H26N2O. The van der Waals surface area contributed by atoms with Crippen LogP contribution >= 0.6 is 0 Å². The van der Waals surface area contributed by atoms with Crippen molar-refractivity contribution in [2.24, 2.45) is 0 Å².